The predicted molar refractivity (Wildman–Crippen MR) is 192 cm³/mol. The van der Waals surface area contributed by atoms with Crippen LogP contribution in [0.1, 0.15) is 11.1 Å². The Bertz CT molecular complexity index is 1940. The third-order valence-corrected chi connectivity index (χ3v) is 7.53. The average Bonchev–Trinajstić information content (AvgIpc) is 3.14. The fourth-order valence-electron chi connectivity index (χ4n) is 5.09. The van der Waals surface area contributed by atoms with E-state index < -0.39 is 0 Å². The Balaban J connectivity index is 0.000000280. The van der Waals surface area contributed by atoms with E-state index in [1.807, 2.05) is 79.0 Å². The van der Waals surface area contributed by atoms with Crippen LogP contribution >= 0.6 is 0 Å². The van der Waals surface area contributed by atoms with Crippen LogP contribution in [0.4, 0.5) is 17.1 Å². The largest absolute Gasteiger partial charge is 0.311 e. The molecule has 0 spiro atoms. The smallest absolute Gasteiger partial charge is 0.0462 e. The summed E-state index contributed by atoms with van der Waals surface area (Å²) in [6, 6.07) is 58.0. The summed E-state index contributed by atoms with van der Waals surface area (Å²) in [5.41, 5.74) is 11.9. The molecule has 1 radical (unpaired) electrons. The molecule has 0 aliphatic heterocycles. The number of hydrogen-bond donors (Lipinski definition) is 0. The zero-order valence-electron chi connectivity index (χ0n) is 26.0. The van der Waals surface area contributed by atoms with Gasteiger partial charge in [0.1, 0.15) is 0 Å². The Morgan fingerprint density at radius 2 is 1.11 bits per heavy atom. The molecule has 231 valence electrons. The van der Waals surface area contributed by atoms with E-state index in [0.717, 1.165) is 56.3 Å². The summed E-state index contributed by atoms with van der Waals surface area (Å²) < 4.78 is 0. The van der Waals surface area contributed by atoms with Crippen molar-refractivity contribution in [3.8, 4) is 33.6 Å². The molecule has 47 heavy (non-hydrogen) atoms. The standard InChI is InChI=1S/C32H25N2.C11H8N.Ir/c1-3-25-12-18-30(19-13-25)34(29-16-10-24(2)11-17-29)31-20-14-26(15-21-31)27-7-6-8-28(23-27)32-9-4-5-22-33-32;1-2-6-10(7-3-1)11-8-4-5-9-12-11;/h3-7,9-23H,1H2,2H3;1-6,8-9H;/q2*-1;. The maximum atomic E-state index is 4.46. The number of nitrogens with zero attached hydrogens (tertiary/aromatic N) is 3. The zero-order chi connectivity index (χ0) is 31.6. The average molecular weight is 784 g/mol. The molecule has 0 fully saturated rings. The molecule has 3 nitrogen and oxygen atoms in total. The van der Waals surface area contributed by atoms with Crippen LogP contribution in [0.2, 0.25) is 0 Å². The van der Waals surface area contributed by atoms with E-state index in [4.69, 9.17) is 0 Å². The summed E-state index contributed by atoms with van der Waals surface area (Å²) in [5, 5.41) is 0. The SMILES string of the molecule is C=Cc1ccc(N(c2ccc(C)cc2)c2ccc(-c3cc[c-]c(-c4ccccn4)c3)cc2)cc1.[Ir].[c-]1ccccc1-c1ccccn1. The molecule has 0 aliphatic rings. The number of rotatable bonds is 7. The molecule has 0 unspecified atom stereocenters. The summed E-state index contributed by atoms with van der Waals surface area (Å²) in [4.78, 5) is 11.0. The molecule has 0 aliphatic carbocycles. The van der Waals surface area contributed by atoms with Gasteiger partial charge in [-0.2, -0.15) is 0 Å². The van der Waals surface area contributed by atoms with Gasteiger partial charge in [0.05, 0.1) is 0 Å². The van der Waals surface area contributed by atoms with Gasteiger partial charge in [-0.25, -0.2) is 0 Å². The molecule has 2 heterocycles. The van der Waals surface area contributed by atoms with Gasteiger partial charge in [-0.05, 0) is 78.0 Å². The minimum absolute atomic E-state index is 0. The topological polar surface area (TPSA) is 29.0 Å². The number of pyridine rings is 2. The first kappa shape index (κ1) is 33.0. The van der Waals surface area contributed by atoms with E-state index in [1.165, 1.54) is 5.56 Å². The van der Waals surface area contributed by atoms with Crippen LogP contribution in [0.25, 0.3) is 39.7 Å². The van der Waals surface area contributed by atoms with E-state index >= 15 is 0 Å². The van der Waals surface area contributed by atoms with Crippen LogP contribution in [0.5, 0.6) is 0 Å². The second-order valence-corrected chi connectivity index (χ2v) is 10.7. The summed E-state index contributed by atoms with van der Waals surface area (Å²) >= 11 is 0. The molecular weight excluding hydrogens is 751 g/mol. The molecule has 0 N–H and O–H groups in total. The molecule has 0 saturated heterocycles. The van der Waals surface area contributed by atoms with Crippen LogP contribution in [-0.4, -0.2) is 9.97 Å². The number of aromatic nitrogens is 2. The Hall–Kier alpha value is -5.41. The van der Waals surface area contributed by atoms with Crippen molar-refractivity contribution in [1.82, 2.24) is 9.97 Å². The third kappa shape index (κ3) is 8.45. The number of anilines is 3. The van der Waals surface area contributed by atoms with Crippen LogP contribution in [-0.2, 0) is 20.1 Å². The van der Waals surface area contributed by atoms with Crippen molar-refractivity contribution >= 4 is 23.1 Å². The van der Waals surface area contributed by atoms with Crippen LogP contribution < -0.4 is 4.90 Å². The second-order valence-electron chi connectivity index (χ2n) is 10.7. The molecule has 7 rings (SSSR count). The third-order valence-electron chi connectivity index (χ3n) is 7.53. The fraction of sp³-hybridized carbons (Fsp3) is 0.0233. The normalized spacial score (nSPS) is 10.1. The van der Waals surface area contributed by atoms with Crippen molar-refractivity contribution in [2.75, 3.05) is 4.90 Å². The van der Waals surface area contributed by atoms with E-state index in [-0.39, 0.29) is 20.1 Å². The van der Waals surface area contributed by atoms with Crippen LogP contribution in [0.3, 0.4) is 0 Å². The van der Waals surface area contributed by atoms with E-state index in [9.17, 15) is 0 Å². The van der Waals surface area contributed by atoms with E-state index in [0.29, 0.717) is 0 Å². The Kier molecular flexibility index (Phi) is 11.4. The van der Waals surface area contributed by atoms with Gasteiger partial charge < -0.3 is 14.9 Å². The minimum Gasteiger partial charge on any atom is -0.311 e. The maximum absolute atomic E-state index is 4.46. The molecule has 7 aromatic rings. The van der Waals surface area contributed by atoms with Gasteiger partial charge in [0.25, 0.3) is 0 Å². The molecule has 0 bridgehead atoms. The first-order chi connectivity index (χ1) is 22.7. The van der Waals surface area contributed by atoms with Gasteiger partial charge in [0.2, 0.25) is 0 Å². The van der Waals surface area contributed by atoms with Crippen molar-refractivity contribution in [3.05, 3.63) is 194 Å². The van der Waals surface area contributed by atoms with Crippen LogP contribution in [0.15, 0.2) is 171 Å². The van der Waals surface area contributed by atoms with Crippen molar-refractivity contribution < 1.29 is 20.1 Å². The summed E-state index contributed by atoms with van der Waals surface area (Å²) in [7, 11) is 0. The molecular formula is C43H33IrN3-2. The first-order valence-corrected chi connectivity index (χ1v) is 15.2. The van der Waals surface area contributed by atoms with Crippen molar-refractivity contribution in [2.45, 2.75) is 6.92 Å². The summed E-state index contributed by atoms with van der Waals surface area (Å²) in [6.45, 7) is 5.99. The Morgan fingerprint density at radius 1 is 0.553 bits per heavy atom. The van der Waals surface area contributed by atoms with E-state index in [1.54, 1.807) is 6.20 Å². The predicted octanol–water partition coefficient (Wildman–Crippen LogP) is 11.2. The van der Waals surface area contributed by atoms with Gasteiger partial charge in [-0.3, -0.25) is 0 Å². The fourth-order valence-corrected chi connectivity index (χ4v) is 5.09. The van der Waals surface area contributed by atoms with Crippen molar-refractivity contribution in [2.24, 2.45) is 0 Å². The number of benzene rings is 5. The van der Waals surface area contributed by atoms with Gasteiger partial charge in [-0.15, -0.1) is 71.3 Å². The molecule has 4 heteroatoms. The van der Waals surface area contributed by atoms with Crippen molar-refractivity contribution in [1.29, 1.82) is 0 Å². The molecule has 0 atom stereocenters. The van der Waals surface area contributed by atoms with Gasteiger partial charge in [-0.1, -0.05) is 78.9 Å². The summed E-state index contributed by atoms with van der Waals surface area (Å²) in [5.74, 6) is 0. The summed E-state index contributed by atoms with van der Waals surface area (Å²) in [6.07, 6.45) is 5.47. The molecule has 2 aromatic heterocycles. The second kappa shape index (κ2) is 16.2. The zero-order valence-corrected chi connectivity index (χ0v) is 28.4. The van der Waals surface area contributed by atoms with Gasteiger partial charge >= 0.3 is 0 Å². The van der Waals surface area contributed by atoms with Crippen molar-refractivity contribution in [3.63, 3.8) is 0 Å². The van der Waals surface area contributed by atoms with Gasteiger partial charge in [0.15, 0.2) is 0 Å². The molecule has 0 saturated carbocycles. The number of hydrogen-bond acceptors (Lipinski definition) is 3. The molecule has 0 amide bonds. The Morgan fingerprint density at radius 3 is 1.66 bits per heavy atom. The number of aryl methyl sites for hydroxylation is 1. The maximum Gasteiger partial charge on any atom is 0.0462 e. The Labute approximate surface area is 291 Å². The quantitative estimate of drug-likeness (QED) is 0.151. The minimum atomic E-state index is 0. The monoisotopic (exact) mass is 784 g/mol. The molecule has 5 aromatic carbocycles. The van der Waals surface area contributed by atoms with E-state index in [2.05, 4.69) is 125 Å². The van der Waals surface area contributed by atoms with Crippen LogP contribution in [0, 0.1) is 19.1 Å². The van der Waals surface area contributed by atoms with Gasteiger partial charge in [0, 0.05) is 49.6 Å². The first-order valence-electron chi connectivity index (χ1n) is 15.2.